The Morgan fingerprint density at radius 2 is 1.89 bits per heavy atom. The summed E-state index contributed by atoms with van der Waals surface area (Å²) >= 11 is 15.3. The molecule has 0 bridgehead atoms. The summed E-state index contributed by atoms with van der Waals surface area (Å²) < 4.78 is 6.29. The highest BCUT2D eigenvalue weighted by molar-refractivity contribution is 9.10. The highest BCUT2D eigenvalue weighted by Crippen LogP contribution is 2.36. The summed E-state index contributed by atoms with van der Waals surface area (Å²) in [6.45, 7) is 0. The molecule has 0 fully saturated rings. The lowest BCUT2D eigenvalue weighted by molar-refractivity contribution is 0.112. The largest absolute Gasteiger partial charge is 0.456 e. The van der Waals surface area contributed by atoms with Gasteiger partial charge in [0.25, 0.3) is 0 Å². The highest BCUT2D eigenvalue weighted by Gasteiger charge is 2.08. The molecule has 2 aromatic carbocycles. The van der Waals surface area contributed by atoms with Gasteiger partial charge in [-0.15, -0.1) is 0 Å². The van der Waals surface area contributed by atoms with E-state index in [-0.39, 0.29) is 0 Å². The molecule has 2 rings (SSSR count). The van der Waals surface area contributed by atoms with Gasteiger partial charge in [0.1, 0.15) is 17.8 Å². The molecule has 0 heterocycles. The molecule has 0 amide bonds. The van der Waals surface area contributed by atoms with Crippen LogP contribution in [-0.4, -0.2) is 6.29 Å². The number of carbonyl (C=O) groups is 1. The molecule has 0 unspecified atom stereocenters. The van der Waals surface area contributed by atoms with Gasteiger partial charge in [-0.05, 0) is 34.1 Å². The van der Waals surface area contributed by atoms with E-state index in [1.165, 1.54) is 0 Å². The molecule has 0 radical (unpaired) electrons. The van der Waals surface area contributed by atoms with Gasteiger partial charge < -0.3 is 4.74 Å². The Bertz CT molecular complexity index is 600. The van der Waals surface area contributed by atoms with E-state index in [2.05, 4.69) is 15.9 Å². The average Bonchev–Trinajstić information content (AvgIpc) is 2.36. The minimum absolute atomic E-state index is 0.433. The maximum absolute atomic E-state index is 10.7. The lowest BCUT2D eigenvalue weighted by Crippen LogP contribution is -1.88. The fourth-order valence-electron chi connectivity index (χ4n) is 1.36. The van der Waals surface area contributed by atoms with E-state index < -0.39 is 0 Å². The van der Waals surface area contributed by atoms with E-state index in [0.717, 1.165) is 6.29 Å². The second-order valence-corrected chi connectivity index (χ2v) is 5.16. The van der Waals surface area contributed by atoms with Crippen LogP contribution in [0.15, 0.2) is 40.9 Å². The maximum Gasteiger partial charge on any atom is 0.150 e. The molecule has 0 aliphatic carbocycles. The van der Waals surface area contributed by atoms with Crippen LogP contribution in [0.4, 0.5) is 0 Å². The third-order valence-corrected chi connectivity index (χ3v) is 3.69. The van der Waals surface area contributed by atoms with E-state index in [1.807, 2.05) is 0 Å². The summed E-state index contributed by atoms with van der Waals surface area (Å²) in [5.74, 6) is 0.966. The number of hydrogen-bond donors (Lipinski definition) is 0. The molecule has 18 heavy (non-hydrogen) atoms. The maximum atomic E-state index is 10.7. The van der Waals surface area contributed by atoms with Crippen molar-refractivity contribution in [1.29, 1.82) is 0 Å². The van der Waals surface area contributed by atoms with Crippen molar-refractivity contribution < 1.29 is 9.53 Å². The third kappa shape index (κ3) is 3.05. The SMILES string of the molecule is O=Cc1cccc(Oc2cc(Cl)c(Br)cc2Cl)c1. The van der Waals surface area contributed by atoms with Gasteiger partial charge in [-0.3, -0.25) is 4.79 Å². The van der Waals surface area contributed by atoms with Crippen molar-refractivity contribution >= 4 is 45.4 Å². The van der Waals surface area contributed by atoms with E-state index in [0.29, 0.717) is 31.6 Å². The molecule has 0 aliphatic rings. The summed E-state index contributed by atoms with van der Waals surface area (Å²) in [7, 11) is 0. The lowest BCUT2D eigenvalue weighted by Gasteiger charge is -2.09. The minimum atomic E-state index is 0.433. The fourth-order valence-corrected chi connectivity index (χ4v) is 2.19. The molecule has 0 aromatic heterocycles. The van der Waals surface area contributed by atoms with Crippen molar-refractivity contribution in [1.82, 2.24) is 0 Å². The minimum Gasteiger partial charge on any atom is -0.456 e. The first-order valence-corrected chi connectivity index (χ1v) is 6.52. The Labute approximate surface area is 123 Å². The van der Waals surface area contributed by atoms with Crippen LogP contribution in [0.25, 0.3) is 0 Å². The predicted molar refractivity (Wildman–Crippen MR) is 76.1 cm³/mol. The molecule has 5 heteroatoms. The van der Waals surface area contributed by atoms with Crippen LogP contribution in [-0.2, 0) is 0 Å². The van der Waals surface area contributed by atoms with Crippen LogP contribution >= 0.6 is 39.1 Å². The van der Waals surface area contributed by atoms with E-state index in [9.17, 15) is 4.79 Å². The molecule has 0 atom stereocenters. The summed E-state index contributed by atoms with van der Waals surface area (Å²) in [6, 6.07) is 10.0. The van der Waals surface area contributed by atoms with Gasteiger partial charge in [0.15, 0.2) is 0 Å². The molecular formula is C13H7BrCl2O2. The van der Waals surface area contributed by atoms with Crippen LogP contribution in [0, 0.1) is 0 Å². The Hall–Kier alpha value is -1.03. The smallest absolute Gasteiger partial charge is 0.150 e. The van der Waals surface area contributed by atoms with Gasteiger partial charge in [-0.25, -0.2) is 0 Å². The quantitative estimate of drug-likeness (QED) is 0.552. The van der Waals surface area contributed by atoms with Crippen molar-refractivity contribution in [3.63, 3.8) is 0 Å². The summed E-state index contributed by atoms with van der Waals surface area (Å²) in [4.78, 5) is 10.7. The van der Waals surface area contributed by atoms with E-state index >= 15 is 0 Å². The summed E-state index contributed by atoms with van der Waals surface area (Å²) in [6.07, 6.45) is 0.753. The highest BCUT2D eigenvalue weighted by atomic mass is 79.9. The molecule has 92 valence electrons. The molecule has 0 spiro atoms. The van der Waals surface area contributed by atoms with Gasteiger partial charge in [0.05, 0.1) is 10.0 Å². The second-order valence-electron chi connectivity index (χ2n) is 3.49. The number of benzene rings is 2. The van der Waals surface area contributed by atoms with Crippen LogP contribution in [0.1, 0.15) is 10.4 Å². The Balaban J connectivity index is 2.33. The first-order valence-electron chi connectivity index (χ1n) is 4.98. The predicted octanol–water partition coefficient (Wildman–Crippen LogP) is 5.36. The van der Waals surface area contributed by atoms with Crippen LogP contribution < -0.4 is 4.74 Å². The monoisotopic (exact) mass is 344 g/mol. The molecule has 2 aromatic rings. The van der Waals surface area contributed by atoms with Gasteiger partial charge in [0, 0.05) is 16.1 Å². The number of hydrogen-bond acceptors (Lipinski definition) is 2. The van der Waals surface area contributed by atoms with Crippen LogP contribution in [0.3, 0.4) is 0 Å². The van der Waals surface area contributed by atoms with Gasteiger partial charge >= 0.3 is 0 Å². The fraction of sp³-hybridized carbons (Fsp3) is 0. The van der Waals surface area contributed by atoms with Crippen molar-refractivity contribution in [2.24, 2.45) is 0 Å². The topological polar surface area (TPSA) is 26.3 Å². The third-order valence-electron chi connectivity index (χ3n) is 2.20. The number of halogens is 3. The zero-order valence-electron chi connectivity index (χ0n) is 8.99. The molecule has 2 nitrogen and oxygen atoms in total. The first kappa shape index (κ1) is 13.4. The Kier molecular flexibility index (Phi) is 4.27. The lowest BCUT2D eigenvalue weighted by atomic mass is 10.2. The number of carbonyl (C=O) groups excluding carboxylic acids is 1. The molecular weight excluding hydrogens is 339 g/mol. The Morgan fingerprint density at radius 3 is 2.61 bits per heavy atom. The second kappa shape index (κ2) is 5.74. The zero-order chi connectivity index (χ0) is 13.1. The van der Waals surface area contributed by atoms with Crippen molar-refractivity contribution in [2.45, 2.75) is 0 Å². The van der Waals surface area contributed by atoms with E-state index in [1.54, 1.807) is 36.4 Å². The molecule has 0 N–H and O–H groups in total. The van der Waals surface area contributed by atoms with Gasteiger partial charge in [0.2, 0.25) is 0 Å². The van der Waals surface area contributed by atoms with Crippen LogP contribution in [0.5, 0.6) is 11.5 Å². The number of ether oxygens (including phenoxy) is 1. The zero-order valence-corrected chi connectivity index (χ0v) is 12.1. The molecule has 0 saturated heterocycles. The van der Waals surface area contributed by atoms with Crippen molar-refractivity contribution in [3.05, 3.63) is 56.5 Å². The van der Waals surface area contributed by atoms with Crippen molar-refractivity contribution in [3.8, 4) is 11.5 Å². The summed E-state index contributed by atoms with van der Waals surface area (Å²) in [5, 5.41) is 0.934. The first-order chi connectivity index (χ1) is 8.60. The Morgan fingerprint density at radius 1 is 1.11 bits per heavy atom. The van der Waals surface area contributed by atoms with Gasteiger partial charge in [-0.2, -0.15) is 0 Å². The standard InChI is InChI=1S/C13H7BrCl2O2/c14-10-5-12(16)13(6-11(10)15)18-9-3-1-2-8(4-9)7-17/h1-7H. The molecule has 0 saturated carbocycles. The average molecular weight is 346 g/mol. The van der Waals surface area contributed by atoms with E-state index in [4.69, 9.17) is 27.9 Å². The normalized spacial score (nSPS) is 10.2. The molecule has 0 aliphatic heterocycles. The number of rotatable bonds is 3. The van der Waals surface area contributed by atoms with Gasteiger partial charge in [-0.1, -0.05) is 35.3 Å². The summed E-state index contributed by atoms with van der Waals surface area (Å²) in [5.41, 5.74) is 0.534. The number of aldehydes is 1. The van der Waals surface area contributed by atoms with Crippen LogP contribution in [0.2, 0.25) is 10.0 Å². The van der Waals surface area contributed by atoms with Crippen molar-refractivity contribution in [2.75, 3.05) is 0 Å².